The first-order chi connectivity index (χ1) is 15.6. The molecule has 3 aromatic rings. The van der Waals surface area contributed by atoms with Gasteiger partial charge in [0.2, 0.25) is 0 Å². The fourth-order valence-corrected chi connectivity index (χ4v) is 4.07. The van der Waals surface area contributed by atoms with Crippen LogP contribution >= 0.6 is 0 Å². The standard InChI is InChI=1S/C24H34N8/c1-19-29-21-7-4-5-8-22(21)32(19)12-6-11-26-24(25-2)28-18-20-9-10-23(27-17-20)31-15-13-30(3)14-16-31/h4-5,7-10,17H,6,11-16,18H2,1-3H3,(H2,25,26,28). The molecule has 0 bridgehead atoms. The van der Waals surface area contributed by atoms with Gasteiger partial charge in [-0.15, -0.1) is 0 Å². The number of hydrogen-bond donors (Lipinski definition) is 2. The van der Waals surface area contributed by atoms with Crippen molar-refractivity contribution < 1.29 is 0 Å². The van der Waals surface area contributed by atoms with Crippen molar-refractivity contribution in [1.82, 2.24) is 30.1 Å². The lowest BCUT2D eigenvalue weighted by atomic mass is 10.2. The van der Waals surface area contributed by atoms with E-state index >= 15 is 0 Å². The van der Waals surface area contributed by atoms with E-state index in [0.717, 1.165) is 74.4 Å². The molecule has 0 spiro atoms. The number of fused-ring (bicyclic) bond motifs is 1. The number of imidazole rings is 1. The molecule has 0 saturated carbocycles. The van der Waals surface area contributed by atoms with Crippen molar-refractivity contribution in [2.45, 2.75) is 26.4 Å². The minimum absolute atomic E-state index is 0.695. The van der Waals surface area contributed by atoms with Crippen molar-refractivity contribution in [1.29, 1.82) is 0 Å². The zero-order valence-corrected chi connectivity index (χ0v) is 19.4. The van der Waals surface area contributed by atoms with Crippen LogP contribution in [0.4, 0.5) is 5.82 Å². The van der Waals surface area contributed by atoms with Crippen molar-refractivity contribution in [3.63, 3.8) is 0 Å². The Hall–Kier alpha value is -3.13. The minimum Gasteiger partial charge on any atom is -0.356 e. The first kappa shape index (κ1) is 22.1. The number of rotatable bonds is 7. The number of guanidine groups is 1. The molecule has 32 heavy (non-hydrogen) atoms. The Bertz CT molecular complexity index is 1030. The highest BCUT2D eigenvalue weighted by Gasteiger charge is 2.15. The molecule has 1 aliphatic rings. The number of anilines is 1. The van der Waals surface area contributed by atoms with Crippen molar-refractivity contribution in [2.24, 2.45) is 4.99 Å². The van der Waals surface area contributed by atoms with Crippen LogP contribution in [0.2, 0.25) is 0 Å². The summed E-state index contributed by atoms with van der Waals surface area (Å²) in [4.78, 5) is 18.4. The van der Waals surface area contributed by atoms with Gasteiger partial charge in [0.25, 0.3) is 0 Å². The Morgan fingerprint density at radius 3 is 2.62 bits per heavy atom. The van der Waals surface area contributed by atoms with E-state index < -0.39 is 0 Å². The zero-order chi connectivity index (χ0) is 22.3. The number of aliphatic imine (C=N–C) groups is 1. The number of benzene rings is 1. The highest BCUT2D eigenvalue weighted by molar-refractivity contribution is 5.79. The van der Waals surface area contributed by atoms with Gasteiger partial charge in [0.05, 0.1) is 11.0 Å². The van der Waals surface area contributed by atoms with Crippen LogP contribution in [0.15, 0.2) is 47.6 Å². The Morgan fingerprint density at radius 1 is 1.06 bits per heavy atom. The van der Waals surface area contributed by atoms with Gasteiger partial charge in [-0.05, 0) is 44.2 Å². The number of aryl methyl sites for hydroxylation is 2. The molecule has 8 heteroatoms. The number of pyridine rings is 1. The quantitative estimate of drug-likeness (QED) is 0.338. The van der Waals surface area contributed by atoms with Crippen LogP contribution in [0.5, 0.6) is 0 Å². The van der Waals surface area contributed by atoms with E-state index in [-0.39, 0.29) is 0 Å². The molecular formula is C24H34N8. The van der Waals surface area contributed by atoms with E-state index in [0.29, 0.717) is 6.54 Å². The van der Waals surface area contributed by atoms with Crippen LogP contribution < -0.4 is 15.5 Å². The first-order valence-corrected chi connectivity index (χ1v) is 11.4. The fourth-order valence-electron chi connectivity index (χ4n) is 4.07. The molecule has 0 radical (unpaired) electrons. The molecule has 8 nitrogen and oxygen atoms in total. The molecule has 0 amide bonds. The fraction of sp³-hybridized carbons (Fsp3) is 0.458. The SMILES string of the molecule is CN=C(NCCCn1c(C)nc2ccccc21)NCc1ccc(N2CCN(C)CC2)nc1. The zero-order valence-electron chi connectivity index (χ0n) is 19.4. The first-order valence-electron chi connectivity index (χ1n) is 11.4. The molecule has 1 aromatic carbocycles. The molecule has 3 heterocycles. The Morgan fingerprint density at radius 2 is 1.88 bits per heavy atom. The van der Waals surface area contributed by atoms with Crippen molar-refractivity contribution in [3.05, 3.63) is 54.0 Å². The molecule has 2 N–H and O–H groups in total. The maximum absolute atomic E-state index is 4.67. The number of likely N-dealkylation sites (N-methyl/N-ethyl adjacent to an activating group) is 1. The maximum Gasteiger partial charge on any atom is 0.191 e. The average molecular weight is 435 g/mol. The van der Waals surface area contributed by atoms with Crippen LogP contribution in [0, 0.1) is 6.92 Å². The van der Waals surface area contributed by atoms with Gasteiger partial charge in [-0.1, -0.05) is 18.2 Å². The van der Waals surface area contributed by atoms with Gasteiger partial charge in [-0.3, -0.25) is 4.99 Å². The van der Waals surface area contributed by atoms with Gasteiger partial charge in [-0.25, -0.2) is 9.97 Å². The van der Waals surface area contributed by atoms with Crippen molar-refractivity contribution >= 4 is 22.8 Å². The predicted octanol–water partition coefficient (Wildman–Crippen LogP) is 2.25. The molecule has 0 atom stereocenters. The average Bonchev–Trinajstić information content (AvgIpc) is 3.14. The highest BCUT2D eigenvalue weighted by atomic mass is 15.3. The summed E-state index contributed by atoms with van der Waals surface area (Å²) in [6.07, 6.45) is 2.95. The van der Waals surface area contributed by atoms with E-state index in [1.165, 1.54) is 5.52 Å². The third-order valence-electron chi connectivity index (χ3n) is 6.02. The number of para-hydroxylation sites is 2. The van der Waals surface area contributed by atoms with Crippen LogP contribution in [0.3, 0.4) is 0 Å². The van der Waals surface area contributed by atoms with Crippen LogP contribution in [0.25, 0.3) is 11.0 Å². The summed E-state index contributed by atoms with van der Waals surface area (Å²) in [5, 5.41) is 6.79. The second kappa shape index (κ2) is 10.5. The van der Waals surface area contributed by atoms with Gasteiger partial charge in [-0.2, -0.15) is 0 Å². The highest BCUT2D eigenvalue weighted by Crippen LogP contribution is 2.16. The maximum atomic E-state index is 4.67. The summed E-state index contributed by atoms with van der Waals surface area (Å²) < 4.78 is 2.28. The molecule has 1 fully saturated rings. The number of piperazine rings is 1. The summed E-state index contributed by atoms with van der Waals surface area (Å²) in [6.45, 7) is 8.77. The lowest BCUT2D eigenvalue weighted by molar-refractivity contribution is 0.312. The normalized spacial score (nSPS) is 15.3. The third kappa shape index (κ3) is 5.37. The van der Waals surface area contributed by atoms with Crippen molar-refractivity contribution in [2.75, 3.05) is 51.7 Å². The van der Waals surface area contributed by atoms with Gasteiger partial charge in [0.1, 0.15) is 11.6 Å². The van der Waals surface area contributed by atoms with E-state index in [2.05, 4.69) is 84.3 Å². The number of hydrogen-bond acceptors (Lipinski definition) is 5. The molecule has 0 aliphatic carbocycles. The molecule has 0 unspecified atom stereocenters. The van der Waals surface area contributed by atoms with Crippen LogP contribution in [0.1, 0.15) is 17.8 Å². The summed E-state index contributed by atoms with van der Waals surface area (Å²) in [5.41, 5.74) is 3.40. The topological polar surface area (TPSA) is 73.6 Å². The summed E-state index contributed by atoms with van der Waals surface area (Å²) in [6, 6.07) is 12.6. The van der Waals surface area contributed by atoms with Gasteiger partial charge >= 0.3 is 0 Å². The Balaban J connectivity index is 1.21. The van der Waals surface area contributed by atoms with Crippen LogP contribution in [-0.4, -0.2) is 72.2 Å². The Labute approximate surface area is 190 Å². The number of aromatic nitrogens is 3. The smallest absolute Gasteiger partial charge is 0.191 e. The van der Waals surface area contributed by atoms with Gasteiger partial charge in [0, 0.05) is 59.1 Å². The molecule has 2 aromatic heterocycles. The van der Waals surface area contributed by atoms with E-state index in [1.54, 1.807) is 7.05 Å². The van der Waals surface area contributed by atoms with E-state index in [4.69, 9.17) is 0 Å². The Kier molecular flexibility index (Phi) is 7.21. The number of nitrogens with zero attached hydrogens (tertiary/aromatic N) is 6. The van der Waals surface area contributed by atoms with Crippen molar-refractivity contribution in [3.8, 4) is 0 Å². The molecular weight excluding hydrogens is 400 g/mol. The number of nitrogens with one attached hydrogen (secondary N) is 2. The summed E-state index contributed by atoms with van der Waals surface area (Å²) in [5.74, 6) is 2.92. The monoisotopic (exact) mass is 434 g/mol. The molecule has 4 rings (SSSR count). The molecule has 1 aliphatic heterocycles. The summed E-state index contributed by atoms with van der Waals surface area (Å²) in [7, 11) is 3.97. The second-order valence-electron chi connectivity index (χ2n) is 8.32. The minimum atomic E-state index is 0.695. The second-order valence-corrected chi connectivity index (χ2v) is 8.32. The van der Waals surface area contributed by atoms with Gasteiger partial charge in [0.15, 0.2) is 5.96 Å². The van der Waals surface area contributed by atoms with E-state index in [9.17, 15) is 0 Å². The lowest BCUT2D eigenvalue weighted by Crippen LogP contribution is -2.44. The van der Waals surface area contributed by atoms with Gasteiger partial charge < -0.3 is 25.0 Å². The lowest BCUT2D eigenvalue weighted by Gasteiger charge is -2.33. The molecule has 1 saturated heterocycles. The largest absolute Gasteiger partial charge is 0.356 e. The third-order valence-corrected chi connectivity index (χ3v) is 6.02. The summed E-state index contributed by atoms with van der Waals surface area (Å²) >= 11 is 0. The molecule has 170 valence electrons. The predicted molar refractivity (Wildman–Crippen MR) is 131 cm³/mol. The van der Waals surface area contributed by atoms with Crippen LogP contribution in [-0.2, 0) is 13.1 Å². The van der Waals surface area contributed by atoms with E-state index in [1.807, 2.05) is 12.3 Å².